The molecule has 1 rings (SSSR count). The van der Waals surface area contributed by atoms with Crippen LogP contribution in [0.15, 0.2) is 4.99 Å². The quantitative estimate of drug-likeness (QED) is 0.394. The highest BCUT2D eigenvalue weighted by Crippen LogP contribution is 1.92. The Morgan fingerprint density at radius 3 is 2.71 bits per heavy atom. The Morgan fingerprint density at radius 1 is 1.86 bits per heavy atom. The van der Waals surface area contributed by atoms with E-state index in [2.05, 4.69) is 9.73 Å². The van der Waals surface area contributed by atoms with Gasteiger partial charge in [-0.05, 0) is 0 Å². The van der Waals surface area contributed by atoms with Crippen molar-refractivity contribution in [3.63, 3.8) is 0 Å². The van der Waals surface area contributed by atoms with Crippen LogP contribution in [0.2, 0.25) is 0 Å². The summed E-state index contributed by atoms with van der Waals surface area (Å²) in [5.41, 5.74) is 10.3. The lowest BCUT2D eigenvalue weighted by molar-refractivity contribution is 0.229. The van der Waals surface area contributed by atoms with Gasteiger partial charge in [0.25, 0.3) is 6.02 Å². The van der Waals surface area contributed by atoms with Crippen LogP contribution in [0.5, 0.6) is 0 Å². The van der Waals surface area contributed by atoms with E-state index in [1.807, 2.05) is 0 Å². The van der Waals surface area contributed by atoms with Gasteiger partial charge in [0.1, 0.15) is 0 Å². The van der Waals surface area contributed by atoms with Crippen molar-refractivity contribution in [1.29, 1.82) is 0 Å². The van der Waals surface area contributed by atoms with Gasteiger partial charge in [0.15, 0.2) is 6.23 Å². The molecule has 0 aromatic carbocycles. The van der Waals surface area contributed by atoms with E-state index in [0.717, 1.165) is 0 Å². The average molecular weight is 101 g/mol. The van der Waals surface area contributed by atoms with Gasteiger partial charge in [-0.25, -0.2) is 4.99 Å². The van der Waals surface area contributed by atoms with Crippen molar-refractivity contribution in [2.24, 2.45) is 16.5 Å². The number of nitrogens with zero attached hydrogens (tertiary/aromatic N) is 1. The molecule has 0 radical (unpaired) electrons. The SMILES string of the molecule is NC1=NCC(N)O1. The number of hydrogen-bond donors (Lipinski definition) is 2. The average Bonchev–Trinajstić information content (AvgIpc) is 1.87. The monoisotopic (exact) mass is 101 g/mol. The number of hydrogen-bond acceptors (Lipinski definition) is 4. The highest BCUT2D eigenvalue weighted by molar-refractivity contribution is 5.72. The Kier molecular flexibility index (Phi) is 0.867. The van der Waals surface area contributed by atoms with Crippen LogP contribution in [0.1, 0.15) is 0 Å². The summed E-state index contributed by atoms with van der Waals surface area (Å²) in [6.45, 7) is 0.492. The fourth-order valence-corrected chi connectivity index (χ4v) is 0.410. The minimum Gasteiger partial charge on any atom is -0.445 e. The Labute approximate surface area is 41.2 Å². The first kappa shape index (κ1) is 4.39. The molecular formula is C3H7N3O. The van der Waals surface area contributed by atoms with Crippen LogP contribution in [-0.2, 0) is 4.74 Å². The Hall–Kier alpha value is -0.770. The molecule has 0 bridgehead atoms. The molecule has 0 amide bonds. The number of ether oxygens (including phenoxy) is 1. The van der Waals surface area contributed by atoms with Gasteiger partial charge in [-0.2, -0.15) is 0 Å². The summed E-state index contributed by atoms with van der Waals surface area (Å²) in [6.07, 6.45) is -0.306. The first-order valence-electron chi connectivity index (χ1n) is 2.01. The third kappa shape index (κ3) is 0.806. The van der Waals surface area contributed by atoms with Crippen LogP contribution < -0.4 is 11.5 Å². The molecule has 0 saturated heterocycles. The van der Waals surface area contributed by atoms with E-state index in [-0.39, 0.29) is 12.2 Å². The van der Waals surface area contributed by atoms with Gasteiger partial charge in [-0.15, -0.1) is 0 Å². The summed E-state index contributed by atoms with van der Waals surface area (Å²) in [6, 6.07) is 0.201. The molecule has 0 aromatic rings. The molecule has 1 atom stereocenters. The number of aliphatic imine (C=N–C) groups is 1. The van der Waals surface area contributed by atoms with Crippen LogP contribution in [0.4, 0.5) is 0 Å². The van der Waals surface area contributed by atoms with Crippen molar-refractivity contribution >= 4 is 6.02 Å². The van der Waals surface area contributed by atoms with Crippen molar-refractivity contribution < 1.29 is 4.74 Å². The first-order valence-corrected chi connectivity index (χ1v) is 2.01. The lowest BCUT2D eigenvalue weighted by atomic mass is 10.6. The van der Waals surface area contributed by atoms with Crippen LogP contribution >= 0.6 is 0 Å². The van der Waals surface area contributed by atoms with Crippen molar-refractivity contribution in [2.45, 2.75) is 6.23 Å². The number of rotatable bonds is 0. The minimum atomic E-state index is -0.306. The molecule has 4 nitrogen and oxygen atoms in total. The molecule has 1 aliphatic rings. The topological polar surface area (TPSA) is 73.6 Å². The molecule has 4 N–H and O–H groups in total. The summed E-state index contributed by atoms with van der Waals surface area (Å²) in [5.74, 6) is 0. The highest BCUT2D eigenvalue weighted by Gasteiger charge is 2.10. The summed E-state index contributed by atoms with van der Waals surface area (Å²) in [7, 11) is 0. The fourth-order valence-electron chi connectivity index (χ4n) is 0.410. The highest BCUT2D eigenvalue weighted by atomic mass is 16.5. The molecule has 40 valence electrons. The van der Waals surface area contributed by atoms with Gasteiger partial charge in [0.2, 0.25) is 0 Å². The molecule has 4 heteroatoms. The zero-order valence-corrected chi connectivity index (χ0v) is 3.79. The van der Waals surface area contributed by atoms with E-state index in [0.29, 0.717) is 6.54 Å². The normalized spacial score (nSPS) is 29.3. The predicted molar refractivity (Wildman–Crippen MR) is 25.5 cm³/mol. The van der Waals surface area contributed by atoms with Crippen molar-refractivity contribution in [3.8, 4) is 0 Å². The van der Waals surface area contributed by atoms with Gasteiger partial charge in [0.05, 0.1) is 6.54 Å². The lowest BCUT2D eigenvalue weighted by Gasteiger charge is -1.98. The zero-order valence-electron chi connectivity index (χ0n) is 3.79. The van der Waals surface area contributed by atoms with Gasteiger partial charge in [0, 0.05) is 0 Å². The van der Waals surface area contributed by atoms with Crippen LogP contribution in [0.3, 0.4) is 0 Å². The molecule has 0 spiro atoms. The molecule has 0 fully saturated rings. The third-order valence-corrected chi connectivity index (χ3v) is 0.699. The van der Waals surface area contributed by atoms with Crippen LogP contribution in [-0.4, -0.2) is 18.8 Å². The van der Waals surface area contributed by atoms with Gasteiger partial charge >= 0.3 is 0 Å². The Balaban J connectivity index is 2.42. The smallest absolute Gasteiger partial charge is 0.283 e. The molecule has 0 aromatic heterocycles. The van der Waals surface area contributed by atoms with Gasteiger partial charge in [-0.3, -0.25) is 5.73 Å². The zero-order chi connectivity index (χ0) is 5.28. The molecule has 0 saturated carbocycles. The second kappa shape index (κ2) is 1.38. The van der Waals surface area contributed by atoms with Crippen molar-refractivity contribution in [1.82, 2.24) is 0 Å². The third-order valence-electron chi connectivity index (χ3n) is 0.699. The van der Waals surface area contributed by atoms with E-state index in [1.54, 1.807) is 0 Å². The Bertz CT molecular complexity index is 100. The van der Waals surface area contributed by atoms with Gasteiger partial charge < -0.3 is 10.5 Å². The molecule has 1 heterocycles. The van der Waals surface area contributed by atoms with E-state index < -0.39 is 0 Å². The summed E-state index contributed by atoms with van der Waals surface area (Å²) in [5, 5.41) is 0. The lowest BCUT2D eigenvalue weighted by Crippen LogP contribution is -2.25. The molecule has 1 unspecified atom stereocenters. The summed E-state index contributed by atoms with van der Waals surface area (Å²) >= 11 is 0. The van der Waals surface area contributed by atoms with E-state index >= 15 is 0 Å². The van der Waals surface area contributed by atoms with Crippen molar-refractivity contribution in [2.75, 3.05) is 6.54 Å². The van der Waals surface area contributed by atoms with Gasteiger partial charge in [-0.1, -0.05) is 0 Å². The second-order valence-electron chi connectivity index (χ2n) is 1.34. The molecular weight excluding hydrogens is 94.1 g/mol. The largest absolute Gasteiger partial charge is 0.445 e. The minimum absolute atomic E-state index is 0.201. The molecule has 0 aliphatic carbocycles. The van der Waals surface area contributed by atoms with E-state index in [1.165, 1.54) is 0 Å². The van der Waals surface area contributed by atoms with Crippen LogP contribution in [0.25, 0.3) is 0 Å². The standard InChI is InChI=1S/C3H7N3O/c4-2-1-6-3(5)7-2/h2H,1,4H2,(H2,5,6). The predicted octanol–water partition coefficient (Wildman–Crippen LogP) is -1.38. The second-order valence-corrected chi connectivity index (χ2v) is 1.34. The fraction of sp³-hybridized carbons (Fsp3) is 0.667. The first-order chi connectivity index (χ1) is 3.29. The molecule has 1 aliphatic heterocycles. The summed E-state index contributed by atoms with van der Waals surface area (Å²) < 4.78 is 4.67. The van der Waals surface area contributed by atoms with Crippen molar-refractivity contribution in [3.05, 3.63) is 0 Å². The maximum absolute atomic E-state index is 5.21. The number of amidine groups is 1. The molecule has 7 heavy (non-hydrogen) atoms. The maximum Gasteiger partial charge on any atom is 0.283 e. The maximum atomic E-state index is 5.21. The van der Waals surface area contributed by atoms with E-state index in [9.17, 15) is 0 Å². The Morgan fingerprint density at radius 2 is 2.57 bits per heavy atom. The van der Waals surface area contributed by atoms with E-state index in [4.69, 9.17) is 11.5 Å². The summed E-state index contributed by atoms with van der Waals surface area (Å²) in [4.78, 5) is 3.66. The van der Waals surface area contributed by atoms with Crippen LogP contribution in [0, 0.1) is 0 Å². The number of nitrogens with two attached hydrogens (primary N) is 2.